The summed E-state index contributed by atoms with van der Waals surface area (Å²) in [6.07, 6.45) is 1.83. The molecule has 5 heteroatoms. The van der Waals surface area contributed by atoms with Crippen LogP contribution >= 0.6 is 0 Å². The van der Waals surface area contributed by atoms with E-state index in [2.05, 4.69) is 15.0 Å². The minimum Gasteiger partial charge on any atom is -0.476 e. The summed E-state index contributed by atoms with van der Waals surface area (Å²) in [7, 11) is 0. The number of hydrogen-bond donors (Lipinski definition) is 3. The van der Waals surface area contributed by atoms with Crippen molar-refractivity contribution in [2.75, 3.05) is 0 Å². The molecular weight excluding hydrogens is 230 g/mol. The average molecular weight is 241 g/mol. The lowest BCUT2D eigenvalue weighted by Gasteiger charge is -1.93. The summed E-state index contributed by atoms with van der Waals surface area (Å²) in [5.74, 6) is -0.447. The van der Waals surface area contributed by atoms with Crippen LogP contribution in [0.4, 0.5) is 0 Å². The molecule has 0 amide bonds. The van der Waals surface area contributed by atoms with Crippen molar-refractivity contribution in [2.45, 2.75) is 6.92 Å². The van der Waals surface area contributed by atoms with Crippen LogP contribution in [0.25, 0.3) is 22.3 Å². The van der Waals surface area contributed by atoms with Crippen LogP contribution in [-0.2, 0) is 0 Å². The fourth-order valence-electron chi connectivity index (χ4n) is 2.06. The first-order valence-corrected chi connectivity index (χ1v) is 5.53. The van der Waals surface area contributed by atoms with Crippen molar-refractivity contribution in [3.8, 4) is 11.4 Å². The molecule has 0 radical (unpaired) electrons. The van der Waals surface area contributed by atoms with E-state index < -0.39 is 5.97 Å². The maximum absolute atomic E-state index is 11.0. The van der Waals surface area contributed by atoms with E-state index in [0.29, 0.717) is 11.5 Å². The molecule has 0 unspecified atom stereocenters. The molecule has 90 valence electrons. The average Bonchev–Trinajstić information content (AvgIpc) is 2.92. The lowest BCUT2D eigenvalue weighted by atomic mass is 10.2. The van der Waals surface area contributed by atoms with Crippen LogP contribution in [0.1, 0.15) is 16.2 Å². The molecule has 0 atom stereocenters. The van der Waals surface area contributed by atoms with E-state index in [4.69, 9.17) is 5.11 Å². The normalized spacial score (nSPS) is 10.9. The summed E-state index contributed by atoms with van der Waals surface area (Å²) in [6.45, 7) is 1.70. The first-order chi connectivity index (χ1) is 8.66. The Kier molecular flexibility index (Phi) is 2.19. The van der Waals surface area contributed by atoms with Gasteiger partial charge in [0.25, 0.3) is 0 Å². The van der Waals surface area contributed by atoms with Gasteiger partial charge in [0.15, 0.2) is 5.69 Å². The van der Waals surface area contributed by atoms with E-state index in [1.165, 1.54) is 0 Å². The Balaban J connectivity index is 2.20. The van der Waals surface area contributed by atoms with Gasteiger partial charge in [0.1, 0.15) is 5.82 Å². The number of rotatable bonds is 2. The molecule has 0 saturated carbocycles. The maximum atomic E-state index is 11.0. The Morgan fingerprint density at radius 1 is 1.33 bits per heavy atom. The third kappa shape index (κ3) is 1.48. The van der Waals surface area contributed by atoms with Gasteiger partial charge in [0.05, 0.1) is 0 Å². The monoisotopic (exact) mass is 241 g/mol. The minimum atomic E-state index is -1.02. The molecule has 0 bridgehead atoms. The Bertz CT molecular complexity index is 740. The van der Waals surface area contributed by atoms with Gasteiger partial charge >= 0.3 is 5.97 Å². The van der Waals surface area contributed by atoms with Gasteiger partial charge in [-0.05, 0) is 13.0 Å². The quantitative estimate of drug-likeness (QED) is 0.644. The number of aromatic nitrogens is 3. The zero-order valence-corrected chi connectivity index (χ0v) is 9.69. The number of imidazole rings is 1. The number of aromatic carboxylic acids is 1. The summed E-state index contributed by atoms with van der Waals surface area (Å²) in [6, 6.07) is 7.82. The van der Waals surface area contributed by atoms with E-state index in [0.717, 1.165) is 16.5 Å². The zero-order valence-electron chi connectivity index (χ0n) is 9.69. The van der Waals surface area contributed by atoms with Crippen molar-refractivity contribution in [3.05, 3.63) is 41.9 Å². The standard InChI is InChI=1S/C13H11N3O2/c1-7-11(13(17)18)16-12(15-7)9-6-14-10-5-3-2-4-8(9)10/h2-6,14H,1H3,(H,15,16)(H,17,18). The van der Waals surface area contributed by atoms with Gasteiger partial charge in [-0.15, -0.1) is 0 Å². The molecule has 0 aliphatic rings. The van der Waals surface area contributed by atoms with E-state index in [9.17, 15) is 4.79 Å². The van der Waals surface area contributed by atoms with E-state index >= 15 is 0 Å². The van der Waals surface area contributed by atoms with Crippen molar-refractivity contribution in [2.24, 2.45) is 0 Å². The molecule has 18 heavy (non-hydrogen) atoms. The van der Waals surface area contributed by atoms with Crippen LogP contribution in [-0.4, -0.2) is 26.0 Å². The van der Waals surface area contributed by atoms with Crippen LogP contribution in [0.15, 0.2) is 30.5 Å². The van der Waals surface area contributed by atoms with Gasteiger partial charge in [-0.2, -0.15) is 0 Å². The van der Waals surface area contributed by atoms with Gasteiger partial charge in [-0.3, -0.25) is 0 Å². The first kappa shape index (κ1) is 10.6. The highest BCUT2D eigenvalue weighted by molar-refractivity contribution is 5.95. The highest BCUT2D eigenvalue weighted by atomic mass is 16.4. The molecule has 3 rings (SSSR count). The highest BCUT2D eigenvalue weighted by Crippen LogP contribution is 2.27. The van der Waals surface area contributed by atoms with Gasteiger partial charge < -0.3 is 15.1 Å². The fourth-order valence-corrected chi connectivity index (χ4v) is 2.06. The molecule has 0 aliphatic heterocycles. The molecule has 0 aliphatic carbocycles. The van der Waals surface area contributed by atoms with Crippen LogP contribution in [0.5, 0.6) is 0 Å². The second-order valence-corrected chi connectivity index (χ2v) is 4.11. The molecule has 3 N–H and O–H groups in total. The predicted octanol–water partition coefficient (Wildman–Crippen LogP) is 2.56. The second kappa shape index (κ2) is 3.73. The molecular formula is C13H11N3O2. The lowest BCUT2D eigenvalue weighted by molar-refractivity contribution is 0.0690. The third-order valence-corrected chi connectivity index (χ3v) is 2.93. The Labute approximate surface area is 102 Å². The van der Waals surface area contributed by atoms with Crippen molar-refractivity contribution in [1.82, 2.24) is 15.0 Å². The Hall–Kier alpha value is -2.56. The molecule has 0 fully saturated rings. The Morgan fingerprint density at radius 2 is 2.11 bits per heavy atom. The summed E-state index contributed by atoms with van der Waals surface area (Å²) in [5.41, 5.74) is 2.50. The van der Waals surface area contributed by atoms with E-state index in [-0.39, 0.29) is 5.69 Å². The Morgan fingerprint density at radius 3 is 2.83 bits per heavy atom. The predicted molar refractivity (Wildman–Crippen MR) is 67.6 cm³/mol. The van der Waals surface area contributed by atoms with Crippen LogP contribution in [0.2, 0.25) is 0 Å². The SMILES string of the molecule is Cc1[nH]c(-c2c[nH]c3ccccc23)nc1C(=O)O. The van der Waals surface area contributed by atoms with E-state index in [1.54, 1.807) is 6.92 Å². The maximum Gasteiger partial charge on any atom is 0.356 e. The number of para-hydroxylation sites is 1. The number of fused-ring (bicyclic) bond motifs is 1. The van der Waals surface area contributed by atoms with Crippen LogP contribution in [0.3, 0.4) is 0 Å². The van der Waals surface area contributed by atoms with Crippen molar-refractivity contribution in [1.29, 1.82) is 0 Å². The number of carboxylic acid groups (broad SMARTS) is 1. The molecule has 0 spiro atoms. The zero-order chi connectivity index (χ0) is 12.7. The number of carboxylic acids is 1. The van der Waals surface area contributed by atoms with E-state index in [1.807, 2.05) is 30.5 Å². The number of nitrogens with zero attached hydrogens (tertiary/aromatic N) is 1. The molecule has 1 aromatic carbocycles. The molecule has 3 aromatic rings. The summed E-state index contributed by atoms with van der Waals surface area (Å²) >= 11 is 0. The number of H-pyrrole nitrogens is 2. The molecule has 0 saturated heterocycles. The number of benzene rings is 1. The molecule has 5 nitrogen and oxygen atoms in total. The van der Waals surface area contributed by atoms with Crippen molar-refractivity contribution < 1.29 is 9.90 Å². The van der Waals surface area contributed by atoms with Crippen molar-refractivity contribution >= 4 is 16.9 Å². The van der Waals surface area contributed by atoms with Crippen molar-refractivity contribution in [3.63, 3.8) is 0 Å². The second-order valence-electron chi connectivity index (χ2n) is 4.11. The topological polar surface area (TPSA) is 81.8 Å². The molecule has 2 heterocycles. The first-order valence-electron chi connectivity index (χ1n) is 5.53. The largest absolute Gasteiger partial charge is 0.476 e. The minimum absolute atomic E-state index is 0.0651. The molecule has 2 aromatic heterocycles. The van der Waals surface area contributed by atoms with Gasteiger partial charge in [0, 0.05) is 28.4 Å². The highest BCUT2D eigenvalue weighted by Gasteiger charge is 2.16. The summed E-state index contributed by atoms with van der Waals surface area (Å²) in [4.78, 5) is 21.3. The number of carbonyl (C=O) groups is 1. The smallest absolute Gasteiger partial charge is 0.356 e. The van der Waals surface area contributed by atoms with Gasteiger partial charge in [0.2, 0.25) is 0 Å². The number of hydrogen-bond acceptors (Lipinski definition) is 2. The van der Waals surface area contributed by atoms with Gasteiger partial charge in [-0.1, -0.05) is 18.2 Å². The number of aryl methyl sites for hydroxylation is 1. The summed E-state index contributed by atoms with van der Waals surface area (Å²) in [5, 5.41) is 10.0. The number of aromatic amines is 2. The third-order valence-electron chi connectivity index (χ3n) is 2.93. The summed E-state index contributed by atoms with van der Waals surface area (Å²) < 4.78 is 0. The lowest BCUT2D eigenvalue weighted by Crippen LogP contribution is -1.98. The van der Waals surface area contributed by atoms with Gasteiger partial charge in [-0.25, -0.2) is 9.78 Å². The van der Waals surface area contributed by atoms with Crippen LogP contribution < -0.4 is 0 Å². The van der Waals surface area contributed by atoms with Crippen LogP contribution in [0, 0.1) is 6.92 Å². The number of nitrogens with one attached hydrogen (secondary N) is 2. The fraction of sp³-hybridized carbons (Fsp3) is 0.0769.